The predicted molar refractivity (Wildman–Crippen MR) is 118 cm³/mol. The van der Waals surface area contributed by atoms with Gasteiger partial charge in [0.1, 0.15) is 5.75 Å². The molecule has 7 nitrogen and oxygen atoms in total. The average molecular weight is 432 g/mol. The molecule has 2 N–H and O–H groups in total. The molecule has 0 fully saturated rings. The van der Waals surface area contributed by atoms with Gasteiger partial charge in [0, 0.05) is 6.54 Å². The van der Waals surface area contributed by atoms with Gasteiger partial charge in [0.25, 0.3) is 5.91 Å². The summed E-state index contributed by atoms with van der Waals surface area (Å²) >= 11 is 0. The number of phenolic OH excluding ortho intramolecular Hbond substituents is 1. The van der Waals surface area contributed by atoms with Crippen molar-refractivity contribution in [3.05, 3.63) is 101 Å². The number of aromatic hydroxyl groups is 1. The van der Waals surface area contributed by atoms with Gasteiger partial charge < -0.3 is 24.4 Å². The Morgan fingerprint density at radius 2 is 1.81 bits per heavy atom. The number of hydrogen-bond donors (Lipinski definition) is 2. The zero-order chi connectivity index (χ0) is 22.8. The largest absolute Gasteiger partial charge is 0.508 e. The van der Waals surface area contributed by atoms with Crippen molar-refractivity contribution in [1.82, 2.24) is 9.80 Å². The Hall–Kier alpha value is -3.84. The van der Waals surface area contributed by atoms with Crippen molar-refractivity contribution in [3.8, 4) is 5.75 Å². The molecule has 2 heterocycles. The summed E-state index contributed by atoms with van der Waals surface area (Å²) < 4.78 is 5.24. The maximum atomic E-state index is 13.2. The highest BCUT2D eigenvalue weighted by Gasteiger charge is 2.45. The Labute approximate surface area is 185 Å². The molecule has 7 heteroatoms. The number of ketones is 1. The molecule has 3 aromatic rings. The number of aliphatic hydroxyl groups is 1. The molecule has 1 aliphatic rings. The molecule has 0 bridgehead atoms. The summed E-state index contributed by atoms with van der Waals surface area (Å²) in [5.41, 5.74) is 1.44. The number of furan rings is 1. The molecule has 2 unspecified atom stereocenters. The van der Waals surface area contributed by atoms with Gasteiger partial charge in [0.2, 0.25) is 5.78 Å². The molecule has 164 valence electrons. The van der Waals surface area contributed by atoms with Crippen LogP contribution < -0.4 is 0 Å². The minimum atomic E-state index is -0.877. The van der Waals surface area contributed by atoms with Crippen molar-refractivity contribution in [2.75, 3.05) is 20.6 Å². The van der Waals surface area contributed by atoms with Crippen LogP contribution in [0.5, 0.6) is 5.75 Å². The van der Waals surface area contributed by atoms with Crippen LogP contribution in [0.1, 0.15) is 33.8 Å². The Morgan fingerprint density at radius 3 is 2.44 bits per heavy atom. The summed E-state index contributed by atoms with van der Waals surface area (Å²) in [5.74, 6) is -1.80. The summed E-state index contributed by atoms with van der Waals surface area (Å²) in [6.07, 6.45) is 1.36. The van der Waals surface area contributed by atoms with Crippen LogP contribution >= 0.6 is 0 Å². The third-order valence-electron chi connectivity index (χ3n) is 5.66. The predicted octanol–water partition coefficient (Wildman–Crippen LogP) is 3.87. The first-order valence-corrected chi connectivity index (χ1v) is 10.2. The Kier molecular flexibility index (Phi) is 5.83. The Bertz CT molecular complexity index is 1150. The summed E-state index contributed by atoms with van der Waals surface area (Å²) in [4.78, 5) is 29.9. The van der Waals surface area contributed by atoms with E-state index in [9.17, 15) is 19.8 Å². The molecule has 0 aliphatic carbocycles. The minimum Gasteiger partial charge on any atom is -0.508 e. The molecule has 2 atom stereocenters. The number of Topliss-reactive ketones (excluding diaryl/α,β-unsaturated/α-hetero) is 1. The second kappa shape index (κ2) is 8.72. The Balaban J connectivity index is 1.79. The van der Waals surface area contributed by atoms with E-state index in [4.69, 9.17) is 4.42 Å². The molecule has 1 amide bonds. The lowest BCUT2D eigenvalue weighted by Gasteiger charge is -2.33. The molecule has 32 heavy (non-hydrogen) atoms. The second-order valence-electron chi connectivity index (χ2n) is 7.91. The lowest BCUT2D eigenvalue weighted by Crippen LogP contribution is -2.38. The molecular weight excluding hydrogens is 408 g/mol. The maximum Gasteiger partial charge on any atom is 0.290 e. The fraction of sp³-hybridized carbons (Fsp3) is 0.200. The van der Waals surface area contributed by atoms with Gasteiger partial charge in [-0.25, -0.2) is 0 Å². The monoisotopic (exact) mass is 432 g/mol. The van der Waals surface area contributed by atoms with Gasteiger partial charge in [-0.05, 0) is 49.5 Å². The van der Waals surface area contributed by atoms with Crippen molar-refractivity contribution in [2.24, 2.45) is 0 Å². The van der Waals surface area contributed by atoms with Gasteiger partial charge in [-0.15, -0.1) is 0 Å². The summed E-state index contributed by atoms with van der Waals surface area (Å²) in [6, 6.07) is 18.0. The van der Waals surface area contributed by atoms with Crippen LogP contribution in [-0.2, 0) is 4.79 Å². The number of likely N-dealkylation sites (N-methyl/N-ethyl adjacent to an activating group) is 1. The number of carbonyl (C=O) groups is 2. The number of hydrogen-bond acceptors (Lipinski definition) is 6. The Morgan fingerprint density at radius 1 is 1.06 bits per heavy atom. The molecule has 0 radical (unpaired) electrons. The first-order chi connectivity index (χ1) is 15.4. The van der Waals surface area contributed by atoms with Crippen LogP contribution in [-0.4, -0.2) is 52.3 Å². The molecule has 2 aromatic carbocycles. The lowest BCUT2D eigenvalue weighted by atomic mass is 9.94. The number of benzene rings is 2. The molecule has 0 saturated heterocycles. The maximum absolute atomic E-state index is 13.2. The van der Waals surface area contributed by atoms with Crippen LogP contribution in [0.2, 0.25) is 0 Å². The third kappa shape index (κ3) is 3.90. The zero-order valence-electron chi connectivity index (χ0n) is 17.8. The molecule has 1 aliphatic heterocycles. The number of phenols is 1. The lowest BCUT2D eigenvalue weighted by molar-refractivity contribution is -0.130. The normalized spacial score (nSPS) is 17.3. The second-order valence-corrected chi connectivity index (χ2v) is 7.91. The summed E-state index contributed by atoms with van der Waals surface area (Å²) in [7, 11) is 3.81. The van der Waals surface area contributed by atoms with E-state index in [2.05, 4.69) is 0 Å². The number of aliphatic hydroxyl groups excluding tert-OH is 1. The first-order valence-electron chi connectivity index (χ1n) is 10.2. The van der Waals surface area contributed by atoms with Gasteiger partial charge in [-0.3, -0.25) is 9.59 Å². The van der Waals surface area contributed by atoms with Crippen molar-refractivity contribution in [2.45, 2.75) is 12.1 Å². The molecule has 1 aromatic heterocycles. The van der Waals surface area contributed by atoms with Gasteiger partial charge in [0.15, 0.2) is 11.5 Å². The van der Waals surface area contributed by atoms with Crippen molar-refractivity contribution < 1.29 is 24.2 Å². The smallest absolute Gasteiger partial charge is 0.290 e. The van der Waals surface area contributed by atoms with Crippen LogP contribution in [0, 0.1) is 0 Å². The van der Waals surface area contributed by atoms with Crippen LogP contribution in [0.4, 0.5) is 0 Å². The van der Waals surface area contributed by atoms with E-state index in [1.807, 2.05) is 49.3 Å². The van der Waals surface area contributed by atoms with Gasteiger partial charge in [0.05, 0.1) is 23.9 Å². The van der Waals surface area contributed by atoms with Crippen molar-refractivity contribution in [1.29, 1.82) is 0 Å². The number of carbonyl (C=O) groups excluding carboxylic acids is 2. The van der Waals surface area contributed by atoms with E-state index in [1.165, 1.54) is 29.4 Å². The van der Waals surface area contributed by atoms with E-state index in [-0.39, 0.29) is 29.7 Å². The van der Waals surface area contributed by atoms with E-state index in [0.717, 1.165) is 5.56 Å². The van der Waals surface area contributed by atoms with Crippen LogP contribution in [0.15, 0.2) is 88.7 Å². The van der Waals surface area contributed by atoms with E-state index in [1.54, 1.807) is 18.2 Å². The minimum absolute atomic E-state index is 0.00157. The zero-order valence-corrected chi connectivity index (χ0v) is 17.8. The fourth-order valence-corrected chi connectivity index (χ4v) is 4.08. The first kappa shape index (κ1) is 21.4. The molecule has 0 saturated carbocycles. The van der Waals surface area contributed by atoms with Gasteiger partial charge in [-0.1, -0.05) is 42.5 Å². The molecule has 4 rings (SSSR count). The van der Waals surface area contributed by atoms with E-state index >= 15 is 0 Å². The number of nitrogens with zero attached hydrogens (tertiary/aromatic N) is 2. The van der Waals surface area contributed by atoms with Gasteiger partial charge >= 0.3 is 0 Å². The molecule has 0 spiro atoms. The average Bonchev–Trinajstić information content (AvgIpc) is 3.40. The van der Waals surface area contributed by atoms with Gasteiger partial charge in [-0.2, -0.15) is 0 Å². The molecular formula is C25H24N2O5. The quantitative estimate of drug-likeness (QED) is 0.551. The van der Waals surface area contributed by atoms with Crippen molar-refractivity contribution >= 4 is 11.7 Å². The summed E-state index contributed by atoms with van der Waals surface area (Å²) in [6.45, 7) is 0.217. The highest BCUT2D eigenvalue weighted by molar-refractivity contribution is 6.15. The fourth-order valence-electron chi connectivity index (χ4n) is 4.08. The third-order valence-corrected chi connectivity index (χ3v) is 5.66. The van der Waals surface area contributed by atoms with E-state index < -0.39 is 23.5 Å². The number of rotatable bonds is 7. The topological polar surface area (TPSA) is 94.2 Å². The van der Waals surface area contributed by atoms with E-state index in [0.29, 0.717) is 5.56 Å². The van der Waals surface area contributed by atoms with Crippen molar-refractivity contribution in [3.63, 3.8) is 0 Å². The van der Waals surface area contributed by atoms with Crippen LogP contribution in [0.25, 0.3) is 0 Å². The summed E-state index contributed by atoms with van der Waals surface area (Å²) in [5, 5.41) is 20.8. The highest BCUT2D eigenvalue weighted by Crippen LogP contribution is 2.41. The standard InChI is InChI=1S/C25H24N2O5/c1-26(2)19(16-8-4-3-5-9-16)15-27-22(17-10-6-11-18(28)14-17)21(24(30)25(27)31)23(29)20-12-7-13-32-20/h3-14,19,22,28,30H,15H2,1-2H3. The SMILES string of the molecule is CN(C)C(CN1C(=O)C(O)=C(C(=O)c2ccco2)C1c1cccc(O)c1)c1ccccc1. The number of amides is 1. The highest BCUT2D eigenvalue weighted by atomic mass is 16.3. The van der Waals surface area contributed by atoms with Crippen LogP contribution in [0.3, 0.4) is 0 Å².